The van der Waals surface area contributed by atoms with Crippen molar-refractivity contribution in [3.05, 3.63) is 272 Å². The second kappa shape index (κ2) is 19.1. The molecule has 3 aliphatic carbocycles. The lowest BCUT2D eigenvalue weighted by Gasteiger charge is -2.34. The van der Waals surface area contributed by atoms with Gasteiger partial charge in [-0.1, -0.05) is 157 Å². The van der Waals surface area contributed by atoms with Gasteiger partial charge < -0.3 is 0 Å². The molecule has 0 radical (unpaired) electrons. The second-order valence-electron chi connectivity index (χ2n) is 22.2. The maximum atomic E-state index is 14.2. The lowest BCUT2D eigenvalue weighted by molar-refractivity contribution is 0.0648. The summed E-state index contributed by atoms with van der Waals surface area (Å²) in [6.07, 6.45) is 3.61. The molecule has 5 aliphatic rings. The van der Waals surface area contributed by atoms with Gasteiger partial charge >= 0.3 is 10.6 Å². The zero-order valence-corrected chi connectivity index (χ0v) is 46.3. The molecular formula is C69H48N2O10S2. The first kappa shape index (κ1) is 51.7. The van der Waals surface area contributed by atoms with Gasteiger partial charge in [-0.25, -0.2) is 4.90 Å². The van der Waals surface area contributed by atoms with Gasteiger partial charge in [0.15, 0.2) is 0 Å². The average molecular weight is 1130 g/mol. The van der Waals surface area contributed by atoms with Crippen molar-refractivity contribution in [1.29, 1.82) is 0 Å². The molecule has 4 amide bonds. The van der Waals surface area contributed by atoms with E-state index in [4.69, 9.17) is 12.6 Å². The van der Waals surface area contributed by atoms with Crippen molar-refractivity contribution >= 4 is 71.6 Å². The number of amides is 4. The molecule has 0 atom stereocenters. The van der Waals surface area contributed by atoms with Crippen LogP contribution in [0.3, 0.4) is 0 Å². The molecule has 0 spiro atoms. The minimum absolute atomic E-state index is 0.0655. The fraction of sp³-hybridized carbons (Fsp3) is 0.130. The predicted octanol–water partition coefficient (Wildman–Crippen LogP) is 12.4. The molecule has 0 saturated carbocycles. The van der Waals surface area contributed by atoms with Crippen LogP contribution in [0.25, 0.3) is 43.8 Å². The maximum absolute atomic E-state index is 14.2. The summed E-state index contributed by atoms with van der Waals surface area (Å²) < 4.78 is 62.3. The van der Waals surface area contributed by atoms with Crippen molar-refractivity contribution in [2.75, 3.05) is 11.9 Å². The number of benzene rings is 10. The van der Waals surface area contributed by atoms with E-state index in [0.717, 1.165) is 47.1 Å². The van der Waals surface area contributed by atoms with Crippen LogP contribution < -0.4 is 4.90 Å². The summed E-state index contributed by atoms with van der Waals surface area (Å²) in [4.78, 5) is 55.9. The molecule has 15 rings (SSSR count). The zero-order chi connectivity index (χ0) is 57.4. The third kappa shape index (κ3) is 7.91. The van der Waals surface area contributed by atoms with Crippen LogP contribution in [0.2, 0.25) is 0 Å². The Kier molecular flexibility index (Phi) is 11.9. The van der Waals surface area contributed by atoms with E-state index < -0.39 is 54.7 Å². The van der Waals surface area contributed by atoms with Gasteiger partial charge in [-0.2, -0.15) is 8.42 Å². The fourth-order valence-corrected chi connectivity index (χ4v) is 15.0. The van der Waals surface area contributed by atoms with E-state index in [1.807, 2.05) is 24.3 Å². The van der Waals surface area contributed by atoms with E-state index in [0.29, 0.717) is 11.5 Å². The number of aryl methyl sites for hydroxylation is 1. The van der Waals surface area contributed by atoms with Crippen LogP contribution >= 0.6 is 0 Å². The molecule has 0 unspecified atom stereocenters. The van der Waals surface area contributed by atoms with Crippen LogP contribution in [0.5, 0.6) is 0 Å². The third-order valence-corrected chi connectivity index (χ3v) is 18.8. The first-order valence-corrected chi connectivity index (χ1v) is 29.7. The van der Waals surface area contributed by atoms with Gasteiger partial charge in [0.25, 0.3) is 33.7 Å². The van der Waals surface area contributed by atoms with Crippen LogP contribution in [-0.2, 0) is 51.8 Å². The van der Waals surface area contributed by atoms with Gasteiger partial charge in [-0.3, -0.25) is 28.6 Å². The number of carbonyl (C=O) groups is 4. The third-order valence-electron chi connectivity index (χ3n) is 17.9. The Balaban J connectivity index is 0.00000149. The number of hydrogen-bond acceptors (Lipinski definition) is 9. The molecule has 14 heteroatoms. The van der Waals surface area contributed by atoms with E-state index in [1.165, 1.54) is 121 Å². The number of imide groups is 2. The number of anilines is 1. The standard InChI is InChI=1S/C69H48N2O7S.O3S/c1-38-11-23-48(24-12-38)69(58-9-5-3-7-52(58)53-8-4-6-10-59(53)69)49-25-21-40(22-26-49)47-35-44-19-17-42-33-46(34-43-18-20-45(36-47)62(44)61(42)43)39-13-15-41(16-14-39)51-28-27-50(37-60(51)79(76,77)78)71-67(74)56-31-29-54-63-55(66(73)70(2)65(54)72)30-32-57(64(56)63)68(71)75;1-4(2)3/h3-32,37,46-47H,33-36H2,1-2H3,(H,76,77,78);. The highest BCUT2D eigenvalue weighted by molar-refractivity contribution is 7.86. The molecule has 12 nitrogen and oxygen atoms in total. The highest BCUT2D eigenvalue weighted by Gasteiger charge is 2.46. The van der Waals surface area contributed by atoms with Crippen LogP contribution in [-0.4, -0.2) is 61.2 Å². The Morgan fingerprint density at radius 3 is 1.28 bits per heavy atom. The zero-order valence-electron chi connectivity index (χ0n) is 44.7. The molecule has 10 aromatic carbocycles. The van der Waals surface area contributed by atoms with Crippen molar-refractivity contribution in [2.45, 2.75) is 54.8 Å². The largest absolute Gasteiger partial charge is 0.425 e. The molecule has 2 heterocycles. The number of carbonyl (C=O) groups excluding carboxylic acids is 4. The monoisotopic (exact) mass is 1130 g/mol. The quantitative estimate of drug-likeness (QED) is 0.119. The van der Waals surface area contributed by atoms with Gasteiger partial charge in [-0.15, -0.1) is 12.6 Å². The highest BCUT2D eigenvalue weighted by Crippen LogP contribution is 2.56. The molecule has 0 bridgehead atoms. The number of fused-ring (bicyclic) bond motifs is 3. The van der Waals surface area contributed by atoms with Crippen LogP contribution in [0.1, 0.15) is 114 Å². The summed E-state index contributed by atoms with van der Waals surface area (Å²) in [5.41, 5.74) is 17.6. The Labute approximate surface area is 479 Å². The fourth-order valence-electron chi connectivity index (χ4n) is 14.2. The summed E-state index contributed by atoms with van der Waals surface area (Å²) in [6, 6.07) is 63.3. The number of rotatable bonds is 7. The summed E-state index contributed by atoms with van der Waals surface area (Å²) >= 11 is 0. The van der Waals surface area contributed by atoms with Crippen LogP contribution in [0.4, 0.5) is 5.69 Å². The van der Waals surface area contributed by atoms with E-state index in [1.54, 1.807) is 0 Å². The van der Waals surface area contributed by atoms with Crippen molar-refractivity contribution < 1.29 is 44.8 Å². The van der Waals surface area contributed by atoms with Crippen LogP contribution in [0, 0.1) is 6.92 Å². The van der Waals surface area contributed by atoms with Crippen molar-refractivity contribution in [2.24, 2.45) is 0 Å². The van der Waals surface area contributed by atoms with Gasteiger partial charge in [0, 0.05) is 45.6 Å². The average Bonchev–Trinajstić information content (AvgIpc) is 2.19. The molecule has 406 valence electrons. The first-order chi connectivity index (χ1) is 40.0. The maximum Gasteiger partial charge on any atom is 0.425 e. The Hall–Kier alpha value is -9.47. The minimum Gasteiger partial charge on any atom is -0.282 e. The van der Waals surface area contributed by atoms with Gasteiger partial charge in [-0.05, 0) is 164 Å². The van der Waals surface area contributed by atoms with E-state index in [2.05, 4.69) is 128 Å². The van der Waals surface area contributed by atoms with E-state index >= 15 is 0 Å². The normalized spacial score (nSPS) is 15.7. The topological polar surface area (TPSA) is 180 Å². The molecule has 0 aromatic heterocycles. The summed E-state index contributed by atoms with van der Waals surface area (Å²) in [6.45, 7) is 2.15. The smallest absolute Gasteiger partial charge is 0.282 e. The second-order valence-corrected chi connectivity index (χ2v) is 24.0. The van der Waals surface area contributed by atoms with E-state index in [-0.39, 0.29) is 50.2 Å². The number of hydrogen-bond donors (Lipinski definition) is 1. The van der Waals surface area contributed by atoms with Crippen molar-refractivity contribution in [3.8, 4) is 22.3 Å². The lowest BCUT2D eigenvalue weighted by atomic mass is 9.67. The molecular weight excluding hydrogens is 1080 g/mol. The number of nitrogens with zero attached hydrogens (tertiary/aromatic N) is 2. The van der Waals surface area contributed by atoms with Gasteiger partial charge in [0.05, 0.1) is 11.1 Å². The van der Waals surface area contributed by atoms with Gasteiger partial charge in [0.2, 0.25) is 0 Å². The minimum atomic E-state index is -4.88. The predicted molar refractivity (Wildman–Crippen MR) is 316 cm³/mol. The highest BCUT2D eigenvalue weighted by atomic mass is 32.2. The Morgan fingerprint density at radius 2 is 0.843 bits per heavy atom. The summed E-state index contributed by atoms with van der Waals surface area (Å²) in [7, 11) is -6.61. The SMILES string of the molecule is Cc1ccc(C2(c3ccc(C4Cc5ccc6c7c(ccc(c57)C4)CC(c4ccc(-c5ccc(N7C(=O)c8ccc9c%10c(ccc(c8%10)C7=O)C(=O)N(C)C9=O)cc5S(=O)(=O)O)cc4)C6)cc3)c3ccccc3-c3ccccc32)cc1.O=S(=O)=O. The van der Waals surface area contributed by atoms with Crippen molar-refractivity contribution in [1.82, 2.24) is 4.90 Å². The summed E-state index contributed by atoms with van der Waals surface area (Å²) in [5.74, 6) is -2.11. The molecule has 0 saturated heterocycles. The van der Waals surface area contributed by atoms with Crippen molar-refractivity contribution in [3.63, 3.8) is 0 Å². The molecule has 1 N–H and O–H groups in total. The lowest BCUT2D eigenvalue weighted by Crippen LogP contribution is -2.42. The Morgan fingerprint density at radius 1 is 0.458 bits per heavy atom. The van der Waals surface area contributed by atoms with E-state index in [9.17, 15) is 32.1 Å². The van der Waals surface area contributed by atoms with Gasteiger partial charge in [0.1, 0.15) is 4.90 Å². The molecule has 10 aromatic rings. The molecule has 0 fully saturated rings. The Bertz CT molecular complexity index is 4610. The first-order valence-electron chi connectivity index (χ1n) is 27.2. The van der Waals surface area contributed by atoms with Crippen LogP contribution in [0.15, 0.2) is 193 Å². The molecule has 83 heavy (non-hydrogen) atoms. The summed E-state index contributed by atoms with van der Waals surface area (Å²) in [5, 5.41) is 3.20. The molecule has 2 aliphatic heterocycles.